The fourth-order valence-electron chi connectivity index (χ4n) is 1.80. The molecule has 2 amide bonds. The van der Waals surface area contributed by atoms with Crippen molar-refractivity contribution in [3.8, 4) is 11.5 Å². The van der Waals surface area contributed by atoms with Crippen LogP contribution in [0.2, 0.25) is 0 Å². The van der Waals surface area contributed by atoms with Crippen LogP contribution in [0.3, 0.4) is 0 Å². The van der Waals surface area contributed by atoms with Crippen LogP contribution in [0.5, 0.6) is 11.5 Å². The summed E-state index contributed by atoms with van der Waals surface area (Å²) >= 11 is 0. The van der Waals surface area contributed by atoms with Crippen molar-refractivity contribution < 1.29 is 19.1 Å². The average Bonchev–Trinajstić information content (AvgIpc) is 2.45. The Kier molecular flexibility index (Phi) is 6.44. The third-order valence-electron chi connectivity index (χ3n) is 2.69. The molecule has 1 rings (SSSR count). The largest absolute Gasteiger partial charge is 0.493 e. The molecule has 1 aromatic carbocycles. The first-order chi connectivity index (χ1) is 10.4. The zero-order chi connectivity index (χ0) is 16.7. The van der Waals surface area contributed by atoms with Gasteiger partial charge in [-0.1, -0.05) is 6.07 Å². The Morgan fingerprint density at radius 3 is 2.27 bits per heavy atom. The Morgan fingerprint density at radius 2 is 1.77 bits per heavy atom. The van der Waals surface area contributed by atoms with Gasteiger partial charge in [0.2, 0.25) is 5.91 Å². The maximum absolute atomic E-state index is 12.1. The van der Waals surface area contributed by atoms with Gasteiger partial charge in [-0.15, -0.1) is 0 Å². The van der Waals surface area contributed by atoms with E-state index < -0.39 is 0 Å². The lowest BCUT2D eigenvalue weighted by atomic mass is 10.1. The van der Waals surface area contributed by atoms with Gasteiger partial charge in [-0.05, 0) is 37.6 Å². The molecule has 0 saturated heterocycles. The van der Waals surface area contributed by atoms with Crippen molar-refractivity contribution in [1.82, 2.24) is 10.6 Å². The van der Waals surface area contributed by atoms with E-state index in [-0.39, 0.29) is 23.6 Å². The standard InChI is InChI=1S/C16H22N2O4/c1-10(2)17-16(20)13(18-11(3)19)8-12-6-7-14(21-4)15(9-12)22-5/h6-10H,1-5H3,(H,17,20)(H,18,19)/b13-8-. The first-order valence-electron chi connectivity index (χ1n) is 6.89. The highest BCUT2D eigenvalue weighted by Crippen LogP contribution is 2.28. The van der Waals surface area contributed by atoms with Gasteiger partial charge in [0.1, 0.15) is 5.70 Å². The first-order valence-corrected chi connectivity index (χ1v) is 6.89. The molecule has 0 aliphatic rings. The molecule has 6 nitrogen and oxygen atoms in total. The molecule has 0 atom stereocenters. The van der Waals surface area contributed by atoms with Crippen LogP contribution in [0.1, 0.15) is 26.3 Å². The fraction of sp³-hybridized carbons (Fsp3) is 0.375. The number of hydrogen-bond donors (Lipinski definition) is 2. The van der Waals surface area contributed by atoms with Crippen molar-refractivity contribution in [2.75, 3.05) is 14.2 Å². The van der Waals surface area contributed by atoms with Crippen molar-refractivity contribution in [2.24, 2.45) is 0 Å². The fourth-order valence-corrected chi connectivity index (χ4v) is 1.80. The zero-order valence-electron chi connectivity index (χ0n) is 13.5. The molecule has 0 fully saturated rings. The molecule has 0 aliphatic carbocycles. The molecular weight excluding hydrogens is 284 g/mol. The van der Waals surface area contributed by atoms with Crippen LogP contribution in [0, 0.1) is 0 Å². The van der Waals surface area contributed by atoms with Crippen molar-refractivity contribution in [2.45, 2.75) is 26.8 Å². The number of rotatable bonds is 6. The van der Waals surface area contributed by atoms with Crippen LogP contribution in [0.25, 0.3) is 6.08 Å². The van der Waals surface area contributed by atoms with E-state index in [4.69, 9.17) is 9.47 Å². The summed E-state index contributed by atoms with van der Waals surface area (Å²) in [5.41, 5.74) is 0.883. The number of benzene rings is 1. The number of nitrogens with one attached hydrogen (secondary N) is 2. The molecule has 0 heterocycles. The number of methoxy groups -OCH3 is 2. The summed E-state index contributed by atoms with van der Waals surface area (Å²) in [5.74, 6) is 0.473. The van der Waals surface area contributed by atoms with E-state index in [9.17, 15) is 9.59 Å². The highest BCUT2D eigenvalue weighted by atomic mass is 16.5. The second kappa shape index (κ2) is 8.07. The van der Waals surface area contributed by atoms with E-state index in [2.05, 4.69) is 10.6 Å². The van der Waals surface area contributed by atoms with Crippen LogP contribution in [-0.4, -0.2) is 32.1 Å². The highest BCUT2D eigenvalue weighted by Gasteiger charge is 2.13. The topological polar surface area (TPSA) is 76.7 Å². The second-order valence-electron chi connectivity index (χ2n) is 4.98. The second-order valence-corrected chi connectivity index (χ2v) is 4.98. The molecule has 22 heavy (non-hydrogen) atoms. The number of ether oxygens (including phenoxy) is 2. The van der Waals surface area contributed by atoms with Crippen LogP contribution >= 0.6 is 0 Å². The van der Waals surface area contributed by atoms with Gasteiger partial charge in [0.25, 0.3) is 5.91 Å². The zero-order valence-corrected chi connectivity index (χ0v) is 13.5. The van der Waals surface area contributed by atoms with E-state index in [1.807, 2.05) is 13.8 Å². The van der Waals surface area contributed by atoms with Crippen LogP contribution in [-0.2, 0) is 9.59 Å². The van der Waals surface area contributed by atoms with E-state index >= 15 is 0 Å². The summed E-state index contributed by atoms with van der Waals surface area (Å²) in [5, 5.41) is 5.28. The molecule has 0 radical (unpaired) electrons. The predicted molar refractivity (Wildman–Crippen MR) is 84.6 cm³/mol. The Bertz CT molecular complexity index is 580. The molecule has 0 aliphatic heterocycles. The molecule has 1 aromatic rings. The van der Waals surface area contributed by atoms with Crippen molar-refractivity contribution in [3.63, 3.8) is 0 Å². The van der Waals surface area contributed by atoms with E-state index in [0.29, 0.717) is 17.1 Å². The van der Waals surface area contributed by atoms with Crippen LogP contribution in [0.4, 0.5) is 0 Å². The SMILES string of the molecule is COc1ccc(/C=C(\NC(C)=O)C(=O)NC(C)C)cc1OC. The van der Waals surface area contributed by atoms with Crippen LogP contribution < -0.4 is 20.1 Å². The third-order valence-corrected chi connectivity index (χ3v) is 2.69. The lowest BCUT2D eigenvalue weighted by Crippen LogP contribution is -2.37. The number of hydrogen-bond acceptors (Lipinski definition) is 4. The maximum atomic E-state index is 12.1. The molecular formula is C16H22N2O4. The molecule has 0 bridgehead atoms. The van der Waals surface area contributed by atoms with E-state index in [1.165, 1.54) is 14.0 Å². The Hall–Kier alpha value is -2.50. The molecule has 120 valence electrons. The van der Waals surface area contributed by atoms with Crippen LogP contribution in [0.15, 0.2) is 23.9 Å². The molecule has 6 heteroatoms. The summed E-state index contributed by atoms with van der Waals surface area (Å²) in [4.78, 5) is 23.4. The molecule has 0 aromatic heterocycles. The number of carbonyl (C=O) groups excluding carboxylic acids is 2. The van der Waals surface area contributed by atoms with E-state index in [1.54, 1.807) is 31.4 Å². The minimum Gasteiger partial charge on any atom is -0.493 e. The van der Waals surface area contributed by atoms with Gasteiger partial charge in [-0.25, -0.2) is 0 Å². The molecule has 0 unspecified atom stereocenters. The van der Waals surface area contributed by atoms with Crippen molar-refractivity contribution >= 4 is 17.9 Å². The molecule has 0 spiro atoms. The van der Waals surface area contributed by atoms with Gasteiger partial charge in [-0.3, -0.25) is 9.59 Å². The smallest absolute Gasteiger partial charge is 0.268 e. The Morgan fingerprint density at radius 1 is 1.14 bits per heavy atom. The number of amides is 2. The average molecular weight is 306 g/mol. The first kappa shape index (κ1) is 17.6. The van der Waals surface area contributed by atoms with Gasteiger partial charge < -0.3 is 20.1 Å². The van der Waals surface area contributed by atoms with E-state index in [0.717, 1.165) is 0 Å². The summed E-state index contributed by atoms with van der Waals surface area (Å²) < 4.78 is 10.4. The monoisotopic (exact) mass is 306 g/mol. The lowest BCUT2D eigenvalue weighted by molar-refractivity contribution is -0.122. The van der Waals surface area contributed by atoms with Gasteiger partial charge in [0, 0.05) is 13.0 Å². The maximum Gasteiger partial charge on any atom is 0.268 e. The Balaban J connectivity index is 3.15. The predicted octanol–water partition coefficient (Wildman–Crippen LogP) is 1.71. The normalized spacial score (nSPS) is 11.1. The van der Waals surface area contributed by atoms with Crippen molar-refractivity contribution in [3.05, 3.63) is 29.5 Å². The third kappa shape index (κ3) is 5.12. The summed E-state index contributed by atoms with van der Waals surface area (Å²) in [6.07, 6.45) is 1.58. The van der Waals surface area contributed by atoms with Crippen molar-refractivity contribution in [1.29, 1.82) is 0 Å². The molecule has 0 saturated carbocycles. The summed E-state index contributed by atoms with van der Waals surface area (Å²) in [7, 11) is 3.08. The minimum absolute atomic E-state index is 0.0324. The minimum atomic E-state index is -0.347. The summed E-state index contributed by atoms with van der Waals surface area (Å²) in [6.45, 7) is 5.05. The lowest BCUT2D eigenvalue weighted by Gasteiger charge is -2.13. The van der Waals surface area contributed by atoms with Gasteiger partial charge >= 0.3 is 0 Å². The van der Waals surface area contributed by atoms with Gasteiger partial charge in [-0.2, -0.15) is 0 Å². The Labute approximate surface area is 130 Å². The van der Waals surface area contributed by atoms with Gasteiger partial charge in [0.05, 0.1) is 14.2 Å². The summed E-state index contributed by atoms with van der Waals surface area (Å²) in [6, 6.07) is 5.20. The number of carbonyl (C=O) groups is 2. The molecule has 2 N–H and O–H groups in total. The highest BCUT2D eigenvalue weighted by molar-refractivity contribution is 6.01. The van der Waals surface area contributed by atoms with Gasteiger partial charge in [0.15, 0.2) is 11.5 Å². The quantitative estimate of drug-likeness (QED) is 0.784.